The van der Waals surface area contributed by atoms with Gasteiger partial charge in [-0.2, -0.15) is 0 Å². The van der Waals surface area contributed by atoms with Crippen LogP contribution in [0.25, 0.3) is 27.3 Å². The van der Waals surface area contributed by atoms with Crippen LogP contribution < -0.4 is 4.68 Å². The van der Waals surface area contributed by atoms with E-state index in [0.717, 1.165) is 12.1 Å². The first kappa shape index (κ1) is 11.3. The quantitative estimate of drug-likeness (QED) is 0.339. The summed E-state index contributed by atoms with van der Waals surface area (Å²) in [5, 5.41) is 2.63. The Morgan fingerprint density at radius 2 is 2.10 bits per heavy atom. The van der Waals surface area contributed by atoms with Gasteiger partial charge in [0.15, 0.2) is 12.7 Å². The van der Waals surface area contributed by atoms with Crippen molar-refractivity contribution in [2.45, 2.75) is 26.3 Å². The van der Waals surface area contributed by atoms with Crippen molar-refractivity contribution in [2.75, 3.05) is 0 Å². The molecule has 0 fully saturated rings. The predicted octanol–water partition coefficient (Wildman–Crippen LogP) is 3.41. The van der Waals surface area contributed by atoms with Gasteiger partial charge in [-0.25, -0.2) is 0 Å². The predicted molar refractivity (Wildman–Crippen MR) is 83.6 cm³/mol. The van der Waals surface area contributed by atoms with Crippen LogP contribution in [0.2, 0.25) is 0 Å². The maximum Gasteiger partial charge on any atom is 0.200 e. The molecule has 4 heterocycles. The van der Waals surface area contributed by atoms with E-state index in [9.17, 15) is 0 Å². The second-order valence-electron chi connectivity index (χ2n) is 6.20. The molecule has 0 saturated heterocycles. The third kappa shape index (κ3) is 1.24. The van der Waals surface area contributed by atoms with Crippen molar-refractivity contribution in [2.24, 2.45) is 0 Å². The van der Waals surface area contributed by atoms with Crippen LogP contribution in [-0.2, 0) is 6.54 Å². The van der Waals surface area contributed by atoms with E-state index in [2.05, 4.69) is 59.6 Å². The number of fused-ring (bicyclic) bond motifs is 3. The van der Waals surface area contributed by atoms with Crippen LogP contribution in [0.3, 0.4) is 0 Å². The minimum Gasteiger partial charge on any atom is -0.254 e. The number of pyridine rings is 2. The molecule has 0 aliphatic carbocycles. The first-order valence-electron chi connectivity index (χ1n) is 7.49. The highest BCUT2D eigenvalue weighted by atomic mass is 15.4. The molecule has 0 unspecified atom stereocenters. The van der Waals surface area contributed by atoms with Gasteiger partial charge in [-0.1, -0.05) is 32.0 Å². The molecule has 0 atom stereocenters. The number of hydrogen-bond acceptors (Lipinski definition) is 1. The van der Waals surface area contributed by atoms with Crippen LogP contribution in [0.5, 0.6) is 0 Å². The zero-order valence-electron chi connectivity index (χ0n) is 12.2. The van der Waals surface area contributed by atoms with Gasteiger partial charge in [0.2, 0.25) is 0 Å². The summed E-state index contributed by atoms with van der Waals surface area (Å²) in [6.07, 6.45) is 4.13. The maximum atomic E-state index is 4.74. The van der Waals surface area contributed by atoms with Gasteiger partial charge in [-0.05, 0) is 17.5 Å². The lowest BCUT2D eigenvalue weighted by Gasteiger charge is -2.12. The van der Waals surface area contributed by atoms with E-state index >= 15 is 0 Å². The van der Waals surface area contributed by atoms with Crippen molar-refractivity contribution in [3.63, 3.8) is 0 Å². The molecular weight excluding hydrogens is 258 g/mol. The van der Waals surface area contributed by atoms with E-state index in [1.807, 2.05) is 6.20 Å². The number of hydrogen-bond donors (Lipinski definition) is 0. The van der Waals surface area contributed by atoms with Gasteiger partial charge in [0.25, 0.3) is 0 Å². The first-order valence-corrected chi connectivity index (χ1v) is 7.49. The first-order chi connectivity index (χ1) is 10.3. The highest BCUT2D eigenvalue weighted by Crippen LogP contribution is 2.35. The number of nitrogens with zero attached hydrogens (tertiary/aromatic N) is 3. The monoisotopic (exact) mass is 274 g/mol. The average molecular weight is 274 g/mol. The normalized spacial score (nSPS) is 13.5. The average Bonchev–Trinajstić information content (AvgIpc) is 3.05. The second-order valence-corrected chi connectivity index (χ2v) is 6.20. The fraction of sp³-hybridized carbons (Fsp3) is 0.222. The largest absolute Gasteiger partial charge is 0.254 e. The lowest BCUT2D eigenvalue weighted by molar-refractivity contribution is -0.744. The van der Waals surface area contributed by atoms with Crippen molar-refractivity contribution in [3.05, 3.63) is 53.9 Å². The Labute approximate surface area is 122 Å². The highest BCUT2D eigenvalue weighted by molar-refractivity contribution is 6.12. The molecule has 4 aromatic rings. The fourth-order valence-corrected chi connectivity index (χ4v) is 3.75. The smallest absolute Gasteiger partial charge is 0.200 e. The van der Waals surface area contributed by atoms with Crippen LogP contribution in [0.1, 0.15) is 30.9 Å². The Hall–Kier alpha value is -2.42. The van der Waals surface area contributed by atoms with Crippen molar-refractivity contribution < 1.29 is 4.68 Å². The Morgan fingerprint density at radius 3 is 2.95 bits per heavy atom. The molecule has 0 amide bonds. The van der Waals surface area contributed by atoms with E-state index in [1.165, 1.54) is 32.9 Å². The summed E-state index contributed by atoms with van der Waals surface area (Å²) < 4.78 is 4.60. The van der Waals surface area contributed by atoms with Crippen LogP contribution in [0.15, 0.2) is 42.7 Å². The summed E-state index contributed by atoms with van der Waals surface area (Å²) in [6, 6.07) is 11.0. The second kappa shape index (κ2) is 3.61. The molecule has 0 spiro atoms. The summed E-state index contributed by atoms with van der Waals surface area (Å²) >= 11 is 0. The lowest BCUT2D eigenvalue weighted by Crippen LogP contribution is -2.34. The maximum absolute atomic E-state index is 4.74. The molecule has 0 N–H and O–H groups in total. The molecule has 3 heteroatoms. The summed E-state index contributed by atoms with van der Waals surface area (Å²) in [5.41, 5.74) is 6.46. The Balaban J connectivity index is 2.19. The number of benzene rings is 1. The zero-order chi connectivity index (χ0) is 14.1. The van der Waals surface area contributed by atoms with Crippen molar-refractivity contribution >= 4 is 27.3 Å². The van der Waals surface area contributed by atoms with Crippen LogP contribution >= 0.6 is 0 Å². The summed E-state index contributed by atoms with van der Waals surface area (Å²) in [7, 11) is 0. The molecule has 0 saturated carbocycles. The van der Waals surface area contributed by atoms with Crippen LogP contribution in [-0.4, -0.2) is 9.50 Å². The van der Waals surface area contributed by atoms with Crippen LogP contribution in [0.4, 0.5) is 0 Å². The molecular formula is C18H16N3+. The topological polar surface area (TPSA) is 21.2 Å². The van der Waals surface area contributed by atoms with E-state index < -0.39 is 0 Å². The summed E-state index contributed by atoms with van der Waals surface area (Å²) in [4.78, 5) is 4.74. The number of aromatic nitrogens is 3. The van der Waals surface area contributed by atoms with Gasteiger partial charge in [0.05, 0.1) is 5.56 Å². The van der Waals surface area contributed by atoms with Gasteiger partial charge in [0, 0.05) is 23.0 Å². The fourth-order valence-electron chi connectivity index (χ4n) is 3.75. The van der Waals surface area contributed by atoms with Gasteiger partial charge in [-0.15, -0.1) is 9.20 Å². The molecule has 0 bridgehead atoms. The van der Waals surface area contributed by atoms with Crippen molar-refractivity contribution in [1.29, 1.82) is 0 Å². The molecule has 21 heavy (non-hydrogen) atoms. The summed E-state index contributed by atoms with van der Waals surface area (Å²) in [6.45, 7) is 5.45. The molecule has 1 aliphatic heterocycles. The summed E-state index contributed by atoms with van der Waals surface area (Å²) in [5.74, 6) is 0.493. The Bertz CT molecular complexity index is 1040. The lowest BCUT2D eigenvalue weighted by atomic mass is 9.94. The highest BCUT2D eigenvalue weighted by Gasteiger charge is 2.27. The third-order valence-corrected chi connectivity index (χ3v) is 4.67. The zero-order valence-corrected chi connectivity index (χ0v) is 12.2. The van der Waals surface area contributed by atoms with E-state index in [1.54, 1.807) is 0 Å². The van der Waals surface area contributed by atoms with Gasteiger partial charge in [-0.3, -0.25) is 4.98 Å². The van der Waals surface area contributed by atoms with Gasteiger partial charge >= 0.3 is 0 Å². The van der Waals surface area contributed by atoms with E-state index in [4.69, 9.17) is 4.98 Å². The Morgan fingerprint density at radius 1 is 1.19 bits per heavy atom. The van der Waals surface area contributed by atoms with Crippen molar-refractivity contribution in [3.8, 4) is 0 Å². The van der Waals surface area contributed by atoms with E-state index in [-0.39, 0.29) is 0 Å². The molecule has 102 valence electrons. The van der Waals surface area contributed by atoms with Crippen LogP contribution in [0, 0.1) is 0 Å². The minimum atomic E-state index is 0.493. The molecule has 5 rings (SSSR count). The van der Waals surface area contributed by atoms with Crippen molar-refractivity contribution in [1.82, 2.24) is 9.50 Å². The third-order valence-electron chi connectivity index (χ3n) is 4.67. The molecule has 1 aromatic carbocycles. The molecule has 3 nitrogen and oxygen atoms in total. The standard InChI is InChI=1S/C18H16N3/c1-11(2)13-4-3-5-14-15-7-9-20-10-12-6-8-19-17(16(13)14)18(12)21(15)20/h3-9,11H,10H2,1-2H3/q+1. The van der Waals surface area contributed by atoms with Gasteiger partial charge in [0.1, 0.15) is 16.6 Å². The SMILES string of the molecule is CC(C)c1cccc2c1c1nccc3c1n1c2cc[n+]1C3. The van der Waals surface area contributed by atoms with E-state index in [0.29, 0.717) is 5.92 Å². The number of rotatable bonds is 1. The van der Waals surface area contributed by atoms with Gasteiger partial charge < -0.3 is 0 Å². The molecule has 0 radical (unpaired) electrons. The minimum absolute atomic E-state index is 0.493. The Kier molecular flexibility index (Phi) is 1.94. The molecule has 1 aliphatic rings. The molecule has 3 aromatic heterocycles.